The van der Waals surface area contributed by atoms with E-state index >= 15 is 0 Å². The molecule has 0 N–H and O–H groups in total. The van der Waals surface area contributed by atoms with Gasteiger partial charge in [0.2, 0.25) is 5.88 Å². The number of hydrogen-bond donors (Lipinski definition) is 0. The van der Waals surface area contributed by atoms with Crippen molar-refractivity contribution in [3.05, 3.63) is 24.4 Å². The third-order valence-electron chi connectivity index (χ3n) is 4.98. The normalized spacial score (nSPS) is 28.6. The first-order valence-corrected chi connectivity index (χ1v) is 9.32. The highest BCUT2D eigenvalue weighted by Crippen LogP contribution is 2.46. The molecule has 0 bridgehead atoms. The summed E-state index contributed by atoms with van der Waals surface area (Å²) in [5.74, 6) is 2.71. The number of likely N-dealkylation sites (tertiary alicyclic amines) is 1. The van der Waals surface area contributed by atoms with Crippen molar-refractivity contribution in [3.8, 4) is 5.88 Å². The monoisotopic (exact) mass is 320 g/mol. The highest BCUT2D eigenvalue weighted by Gasteiger charge is 2.49. The molecule has 0 amide bonds. The van der Waals surface area contributed by atoms with E-state index in [1.165, 1.54) is 38.9 Å². The summed E-state index contributed by atoms with van der Waals surface area (Å²) in [6.07, 6.45) is 5.76. The molecule has 4 rings (SSSR count). The molecule has 1 aromatic rings. The van der Waals surface area contributed by atoms with E-state index in [0.717, 1.165) is 30.8 Å². The van der Waals surface area contributed by atoms with Crippen molar-refractivity contribution in [3.63, 3.8) is 0 Å². The number of hydrogen-bond acceptors (Lipinski definition) is 5. The minimum atomic E-state index is 0.324. The number of rotatable bonds is 4. The van der Waals surface area contributed by atoms with Crippen molar-refractivity contribution in [1.29, 1.82) is 0 Å². The van der Waals surface area contributed by atoms with E-state index in [1.807, 2.05) is 18.2 Å². The summed E-state index contributed by atoms with van der Waals surface area (Å²) in [5, 5.41) is 0. The largest absolute Gasteiger partial charge is 0.473 e. The van der Waals surface area contributed by atoms with Crippen LogP contribution in [-0.4, -0.2) is 59.3 Å². The Kier molecular flexibility index (Phi) is 4.29. The van der Waals surface area contributed by atoms with E-state index in [-0.39, 0.29) is 0 Å². The first-order chi connectivity index (χ1) is 10.8. The minimum Gasteiger partial charge on any atom is -0.473 e. The van der Waals surface area contributed by atoms with Gasteiger partial charge in [-0.2, -0.15) is 0 Å². The SMILES string of the molecule is c1ccc(O[C@@H]2CSC3(C2)CN(CC2CCOCC2)C3)nc1. The van der Waals surface area contributed by atoms with Gasteiger partial charge in [0.05, 0.1) is 0 Å². The van der Waals surface area contributed by atoms with Gasteiger partial charge < -0.3 is 14.4 Å². The second-order valence-corrected chi connectivity index (χ2v) is 8.32. The molecule has 3 saturated heterocycles. The highest BCUT2D eigenvalue weighted by molar-refractivity contribution is 8.01. The minimum absolute atomic E-state index is 0.324. The van der Waals surface area contributed by atoms with Crippen LogP contribution in [0.3, 0.4) is 0 Å². The summed E-state index contributed by atoms with van der Waals surface area (Å²) in [5.41, 5.74) is 0. The lowest BCUT2D eigenvalue weighted by molar-refractivity contribution is 0.0284. The van der Waals surface area contributed by atoms with Crippen molar-refractivity contribution < 1.29 is 9.47 Å². The zero-order chi connectivity index (χ0) is 14.8. The van der Waals surface area contributed by atoms with Crippen molar-refractivity contribution in [2.24, 2.45) is 5.92 Å². The van der Waals surface area contributed by atoms with Crippen molar-refractivity contribution in [2.75, 3.05) is 38.6 Å². The third-order valence-corrected chi connectivity index (χ3v) is 6.56. The molecule has 0 unspecified atom stereocenters. The molecule has 0 radical (unpaired) electrons. The Balaban J connectivity index is 1.24. The fourth-order valence-corrected chi connectivity index (χ4v) is 5.45. The standard InChI is InChI=1S/C17H24N2O2S/c1-2-6-18-16(3-1)21-15-9-17(22-11-15)12-19(13-17)10-14-4-7-20-8-5-14/h1-3,6,14-15H,4-5,7-13H2/t15-/m0/s1. The lowest BCUT2D eigenvalue weighted by atomic mass is 9.90. The molecule has 3 aliphatic rings. The van der Waals surface area contributed by atoms with Gasteiger partial charge in [-0.15, -0.1) is 11.8 Å². The summed E-state index contributed by atoms with van der Waals surface area (Å²) in [7, 11) is 0. The number of ether oxygens (including phenoxy) is 2. The lowest BCUT2D eigenvalue weighted by Gasteiger charge is -2.49. The molecule has 5 heteroatoms. The summed E-state index contributed by atoms with van der Waals surface area (Å²) in [4.78, 5) is 6.90. The topological polar surface area (TPSA) is 34.6 Å². The second-order valence-electron chi connectivity index (χ2n) is 6.83. The third kappa shape index (κ3) is 3.26. The summed E-state index contributed by atoms with van der Waals surface area (Å²) in [6.45, 7) is 5.64. The zero-order valence-electron chi connectivity index (χ0n) is 12.9. The van der Waals surface area contributed by atoms with Crippen molar-refractivity contribution >= 4 is 11.8 Å². The van der Waals surface area contributed by atoms with Crippen LogP contribution >= 0.6 is 11.8 Å². The van der Waals surface area contributed by atoms with Crippen LogP contribution in [0.2, 0.25) is 0 Å². The van der Waals surface area contributed by atoms with E-state index in [0.29, 0.717) is 10.9 Å². The van der Waals surface area contributed by atoms with Crippen LogP contribution in [0.25, 0.3) is 0 Å². The van der Waals surface area contributed by atoms with Crippen LogP contribution in [0.4, 0.5) is 0 Å². The summed E-state index contributed by atoms with van der Waals surface area (Å²) < 4.78 is 11.9. The van der Waals surface area contributed by atoms with Gasteiger partial charge in [0.25, 0.3) is 0 Å². The maximum atomic E-state index is 6.02. The predicted octanol–water partition coefficient (Wildman–Crippen LogP) is 2.45. The van der Waals surface area contributed by atoms with Crippen molar-refractivity contribution in [1.82, 2.24) is 9.88 Å². The summed E-state index contributed by atoms with van der Waals surface area (Å²) in [6, 6.07) is 5.87. The Labute approximate surface area is 136 Å². The predicted molar refractivity (Wildman–Crippen MR) is 88.4 cm³/mol. The molecule has 0 aliphatic carbocycles. The molecule has 3 fully saturated rings. The molecule has 0 saturated carbocycles. The van der Waals surface area contributed by atoms with E-state index in [4.69, 9.17) is 9.47 Å². The summed E-state index contributed by atoms with van der Waals surface area (Å²) >= 11 is 2.11. The zero-order valence-corrected chi connectivity index (χ0v) is 13.8. The Morgan fingerprint density at radius 2 is 2.18 bits per heavy atom. The van der Waals surface area contributed by atoms with Gasteiger partial charge in [0, 0.05) is 62.0 Å². The van der Waals surface area contributed by atoms with Gasteiger partial charge in [-0.25, -0.2) is 4.98 Å². The van der Waals surface area contributed by atoms with Crippen LogP contribution in [0, 0.1) is 5.92 Å². The molecule has 1 atom stereocenters. The fraction of sp³-hybridized carbons (Fsp3) is 0.706. The number of thioether (sulfide) groups is 1. The molecular formula is C17H24N2O2S. The van der Waals surface area contributed by atoms with E-state index < -0.39 is 0 Å². The molecule has 4 nitrogen and oxygen atoms in total. The smallest absolute Gasteiger partial charge is 0.213 e. The Hall–Kier alpha value is -0.780. The van der Waals surface area contributed by atoms with Crippen LogP contribution in [-0.2, 0) is 4.74 Å². The second kappa shape index (κ2) is 6.38. The Bertz CT molecular complexity index is 487. The highest BCUT2D eigenvalue weighted by atomic mass is 32.2. The van der Waals surface area contributed by atoms with Crippen molar-refractivity contribution in [2.45, 2.75) is 30.1 Å². The van der Waals surface area contributed by atoms with E-state index in [2.05, 4.69) is 21.6 Å². The molecule has 3 aliphatic heterocycles. The first kappa shape index (κ1) is 14.8. The lowest BCUT2D eigenvalue weighted by Crippen LogP contribution is -2.60. The molecular weight excluding hydrogens is 296 g/mol. The maximum Gasteiger partial charge on any atom is 0.213 e. The van der Waals surface area contributed by atoms with Gasteiger partial charge in [-0.3, -0.25) is 0 Å². The maximum absolute atomic E-state index is 6.02. The molecule has 1 aromatic heterocycles. The molecule has 0 aromatic carbocycles. The van der Waals surface area contributed by atoms with E-state index in [1.54, 1.807) is 6.20 Å². The quantitative estimate of drug-likeness (QED) is 0.851. The van der Waals surface area contributed by atoms with Crippen LogP contribution in [0.1, 0.15) is 19.3 Å². The van der Waals surface area contributed by atoms with Gasteiger partial charge in [-0.1, -0.05) is 6.07 Å². The van der Waals surface area contributed by atoms with Gasteiger partial charge in [-0.05, 0) is 24.8 Å². The Morgan fingerprint density at radius 3 is 2.95 bits per heavy atom. The van der Waals surface area contributed by atoms with E-state index in [9.17, 15) is 0 Å². The van der Waals surface area contributed by atoms with Crippen LogP contribution in [0.15, 0.2) is 24.4 Å². The average Bonchev–Trinajstić information content (AvgIpc) is 2.93. The Morgan fingerprint density at radius 1 is 1.32 bits per heavy atom. The first-order valence-electron chi connectivity index (χ1n) is 8.33. The average molecular weight is 320 g/mol. The molecule has 1 spiro atoms. The number of pyridine rings is 1. The van der Waals surface area contributed by atoms with Crippen LogP contribution < -0.4 is 4.74 Å². The van der Waals surface area contributed by atoms with Gasteiger partial charge in [0.1, 0.15) is 6.10 Å². The van der Waals surface area contributed by atoms with Crippen LogP contribution in [0.5, 0.6) is 5.88 Å². The fourth-order valence-electron chi connectivity index (χ4n) is 3.88. The molecule has 120 valence electrons. The number of nitrogens with zero attached hydrogens (tertiary/aromatic N) is 2. The van der Waals surface area contributed by atoms with Gasteiger partial charge >= 0.3 is 0 Å². The van der Waals surface area contributed by atoms with Gasteiger partial charge in [0.15, 0.2) is 0 Å². The number of aromatic nitrogens is 1. The molecule has 4 heterocycles. The molecule has 22 heavy (non-hydrogen) atoms.